The van der Waals surface area contributed by atoms with Crippen molar-refractivity contribution in [2.75, 3.05) is 11.5 Å². The van der Waals surface area contributed by atoms with Crippen molar-refractivity contribution in [2.24, 2.45) is 5.73 Å². The predicted molar refractivity (Wildman–Crippen MR) is 76.4 cm³/mol. The Balaban J connectivity index is 2.25. The molecule has 17 heavy (non-hydrogen) atoms. The molecule has 0 aliphatic carbocycles. The van der Waals surface area contributed by atoms with Gasteiger partial charge in [0.1, 0.15) is 5.82 Å². The Morgan fingerprint density at radius 2 is 2.18 bits per heavy atom. The molecule has 0 aromatic carbocycles. The summed E-state index contributed by atoms with van der Waals surface area (Å²) in [6.07, 6.45) is 2.84. The standard InChI is InChI=1S/C12H19N3S2/c1-3-10-9(6-13)7-14-12(15-10)11-8(2)16-4-5-17-11/h7-8,11H,3-6,13H2,1-2H3. The summed E-state index contributed by atoms with van der Waals surface area (Å²) in [6, 6.07) is 0. The average Bonchev–Trinajstić information content (AvgIpc) is 2.38. The van der Waals surface area contributed by atoms with Crippen molar-refractivity contribution in [3.05, 3.63) is 23.3 Å². The number of thioether (sulfide) groups is 2. The maximum atomic E-state index is 5.69. The molecule has 1 saturated heterocycles. The number of hydrogen-bond acceptors (Lipinski definition) is 5. The van der Waals surface area contributed by atoms with E-state index < -0.39 is 0 Å². The monoisotopic (exact) mass is 269 g/mol. The molecule has 0 radical (unpaired) electrons. The van der Waals surface area contributed by atoms with E-state index in [4.69, 9.17) is 10.7 Å². The highest BCUT2D eigenvalue weighted by Gasteiger charge is 2.26. The lowest BCUT2D eigenvalue weighted by molar-refractivity contribution is 0.788. The highest BCUT2D eigenvalue weighted by molar-refractivity contribution is 8.06. The van der Waals surface area contributed by atoms with Gasteiger partial charge in [0.25, 0.3) is 0 Å². The van der Waals surface area contributed by atoms with Crippen molar-refractivity contribution in [1.82, 2.24) is 9.97 Å². The Morgan fingerprint density at radius 3 is 2.82 bits per heavy atom. The summed E-state index contributed by atoms with van der Waals surface area (Å²) < 4.78 is 0. The van der Waals surface area contributed by atoms with Crippen LogP contribution in [0.15, 0.2) is 6.20 Å². The number of nitrogens with zero attached hydrogens (tertiary/aromatic N) is 2. The molecule has 3 nitrogen and oxygen atoms in total. The molecular weight excluding hydrogens is 250 g/mol. The van der Waals surface area contributed by atoms with Crippen LogP contribution in [0.2, 0.25) is 0 Å². The second-order valence-electron chi connectivity index (χ2n) is 4.13. The van der Waals surface area contributed by atoms with Crippen molar-refractivity contribution < 1.29 is 0 Å². The molecule has 94 valence electrons. The van der Waals surface area contributed by atoms with E-state index in [0.29, 0.717) is 17.0 Å². The molecule has 1 aromatic heterocycles. The van der Waals surface area contributed by atoms with Crippen LogP contribution >= 0.6 is 23.5 Å². The fourth-order valence-corrected chi connectivity index (χ4v) is 4.68. The third-order valence-electron chi connectivity index (χ3n) is 2.97. The molecule has 2 atom stereocenters. The molecule has 1 aliphatic heterocycles. The van der Waals surface area contributed by atoms with Crippen molar-refractivity contribution in [3.63, 3.8) is 0 Å². The summed E-state index contributed by atoms with van der Waals surface area (Å²) in [5.41, 5.74) is 7.89. The van der Waals surface area contributed by atoms with Crippen LogP contribution < -0.4 is 5.73 Å². The Hall–Kier alpha value is -0.260. The van der Waals surface area contributed by atoms with Crippen LogP contribution in [-0.2, 0) is 13.0 Å². The van der Waals surface area contributed by atoms with Crippen LogP contribution in [0, 0.1) is 0 Å². The second kappa shape index (κ2) is 6.07. The minimum Gasteiger partial charge on any atom is -0.326 e. The van der Waals surface area contributed by atoms with Gasteiger partial charge in [0.2, 0.25) is 0 Å². The lowest BCUT2D eigenvalue weighted by Crippen LogP contribution is -2.19. The Labute approximate surface area is 111 Å². The molecule has 2 unspecified atom stereocenters. The lowest BCUT2D eigenvalue weighted by Gasteiger charge is -2.26. The minimum atomic E-state index is 0.436. The third-order valence-corrected chi connectivity index (χ3v) is 6.06. The van der Waals surface area contributed by atoms with Gasteiger partial charge in [0.15, 0.2) is 0 Å². The Kier molecular flexibility index (Phi) is 4.70. The van der Waals surface area contributed by atoms with Crippen LogP contribution in [0.5, 0.6) is 0 Å². The molecule has 0 spiro atoms. The maximum absolute atomic E-state index is 5.69. The van der Waals surface area contributed by atoms with Crippen molar-refractivity contribution in [3.8, 4) is 0 Å². The predicted octanol–water partition coefficient (Wildman–Crippen LogP) is 2.41. The smallest absolute Gasteiger partial charge is 0.142 e. The van der Waals surface area contributed by atoms with Crippen LogP contribution in [0.25, 0.3) is 0 Å². The van der Waals surface area contributed by atoms with Crippen LogP contribution in [-0.4, -0.2) is 26.7 Å². The van der Waals surface area contributed by atoms with E-state index in [2.05, 4.69) is 18.8 Å². The fourth-order valence-electron chi connectivity index (χ4n) is 1.99. The van der Waals surface area contributed by atoms with E-state index in [1.165, 1.54) is 11.5 Å². The zero-order valence-electron chi connectivity index (χ0n) is 10.3. The van der Waals surface area contributed by atoms with Gasteiger partial charge in [-0.1, -0.05) is 13.8 Å². The van der Waals surface area contributed by atoms with Crippen LogP contribution in [0.3, 0.4) is 0 Å². The zero-order chi connectivity index (χ0) is 12.3. The first-order valence-electron chi connectivity index (χ1n) is 6.04. The molecule has 0 amide bonds. The highest BCUT2D eigenvalue weighted by Crippen LogP contribution is 2.40. The summed E-state index contributed by atoms with van der Waals surface area (Å²) in [5, 5.41) is 1.04. The number of rotatable bonds is 3. The molecule has 1 aromatic rings. The van der Waals surface area contributed by atoms with Gasteiger partial charge in [-0.2, -0.15) is 11.8 Å². The van der Waals surface area contributed by atoms with Crippen molar-refractivity contribution in [1.29, 1.82) is 0 Å². The van der Waals surface area contributed by atoms with E-state index in [1.807, 2.05) is 29.7 Å². The number of aromatic nitrogens is 2. The van der Waals surface area contributed by atoms with Gasteiger partial charge in [-0.25, -0.2) is 9.97 Å². The second-order valence-corrected chi connectivity index (χ2v) is 6.86. The highest BCUT2D eigenvalue weighted by atomic mass is 32.2. The minimum absolute atomic E-state index is 0.436. The van der Waals surface area contributed by atoms with Gasteiger partial charge in [0, 0.05) is 40.8 Å². The van der Waals surface area contributed by atoms with Gasteiger partial charge in [-0.3, -0.25) is 0 Å². The summed E-state index contributed by atoms with van der Waals surface area (Å²) >= 11 is 4.00. The SMILES string of the molecule is CCc1nc(C2SCCSC2C)ncc1CN. The summed E-state index contributed by atoms with van der Waals surface area (Å²) in [6.45, 7) is 4.93. The first-order chi connectivity index (χ1) is 8.26. The van der Waals surface area contributed by atoms with Crippen LogP contribution in [0.4, 0.5) is 0 Å². The zero-order valence-corrected chi connectivity index (χ0v) is 12.0. The van der Waals surface area contributed by atoms with Crippen molar-refractivity contribution in [2.45, 2.75) is 37.3 Å². The molecule has 0 bridgehead atoms. The van der Waals surface area contributed by atoms with Crippen molar-refractivity contribution >= 4 is 23.5 Å². The molecule has 2 rings (SSSR count). The first-order valence-corrected chi connectivity index (χ1v) is 8.14. The number of aryl methyl sites for hydroxylation is 1. The molecule has 2 heterocycles. The molecule has 1 fully saturated rings. The summed E-state index contributed by atoms with van der Waals surface area (Å²) in [5.74, 6) is 3.43. The third kappa shape index (κ3) is 2.95. The fraction of sp³-hybridized carbons (Fsp3) is 0.667. The van der Waals surface area contributed by atoms with Gasteiger partial charge in [0.05, 0.1) is 5.25 Å². The molecule has 1 aliphatic rings. The quantitative estimate of drug-likeness (QED) is 0.913. The largest absolute Gasteiger partial charge is 0.326 e. The van der Waals surface area contributed by atoms with Gasteiger partial charge < -0.3 is 5.73 Å². The average molecular weight is 269 g/mol. The Morgan fingerprint density at radius 1 is 1.41 bits per heavy atom. The number of hydrogen-bond donors (Lipinski definition) is 1. The van der Waals surface area contributed by atoms with Crippen LogP contribution in [0.1, 0.15) is 36.2 Å². The molecule has 2 N–H and O–H groups in total. The lowest BCUT2D eigenvalue weighted by atomic mass is 10.2. The van der Waals surface area contributed by atoms with E-state index in [-0.39, 0.29) is 0 Å². The molecule has 5 heteroatoms. The van der Waals surface area contributed by atoms with Gasteiger partial charge in [-0.05, 0) is 6.42 Å². The van der Waals surface area contributed by atoms with E-state index in [0.717, 1.165) is 23.5 Å². The van der Waals surface area contributed by atoms with E-state index in [9.17, 15) is 0 Å². The molecular formula is C12H19N3S2. The first kappa shape index (κ1) is 13.2. The van der Waals surface area contributed by atoms with Gasteiger partial charge >= 0.3 is 0 Å². The normalized spacial score (nSPS) is 24.9. The topological polar surface area (TPSA) is 51.8 Å². The van der Waals surface area contributed by atoms with E-state index >= 15 is 0 Å². The number of nitrogens with two attached hydrogens (primary N) is 1. The van der Waals surface area contributed by atoms with E-state index in [1.54, 1.807) is 0 Å². The van der Waals surface area contributed by atoms with Gasteiger partial charge in [-0.15, -0.1) is 11.8 Å². The summed E-state index contributed by atoms with van der Waals surface area (Å²) in [7, 11) is 0. The molecule has 0 saturated carbocycles. The maximum Gasteiger partial charge on any atom is 0.142 e. The summed E-state index contributed by atoms with van der Waals surface area (Å²) in [4.78, 5) is 9.22. The Bertz CT molecular complexity index is 384.